The van der Waals surface area contributed by atoms with E-state index in [4.69, 9.17) is 16.6 Å². The van der Waals surface area contributed by atoms with E-state index < -0.39 is 0 Å². The molecule has 0 rings (SSSR count). The zero-order valence-corrected chi connectivity index (χ0v) is 5.43. The highest BCUT2D eigenvalue weighted by molar-refractivity contribution is 5.69. The highest BCUT2D eigenvalue weighted by atomic mass is 16.2. The van der Waals surface area contributed by atoms with Crippen LogP contribution in [0.5, 0.6) is 0 Å². The number of rotatable bonds is 4. The normalized spacial score (nSPS) is 9.00. The number of aliphatic hydroxyl groups is 1. The number of aliphatic hydroxyl groups excluding tert-OH is 1. The van der Waals surface area contributed by atoms with Gasteiger partial charge in [-0.3, -0.25) is 16.5 Å². The largest absolute Gasteiger partial charge is 0.396 e. The molecule has 0 radical (unpaired) electrons. The van der Waals surface area contributed by atoms with E-state index in [0.29, 0.717) is 0 Å². The van der Waals surface area contributed by atoms with Crippen LogP contribution in [0.4, 0.5) is 0 Å². The second-order valence-corrected chi connectivity index (χ2v) is 1.81. The van der Waals surface area contributed by atoms with Gasteiger partial charge in [0.15, 0.2) is 0 Å². The van der Waals surface area contributed by atoms with E-state index >= 15 is 0 Å². The van der Waals surface area contributed by atoms with E-state index in [-0.39, 0.29) is 12.6 Å². The van der Waals surface area contributed by atoms with Crippen LogP contribution in [0.15, 0.2) is 0 Å². The Balaban J connectivity index is 3.00. The van der Waals surface area contributed by atoms with Crippen LogP contribution in [0.25, 0.3) is 0 Å². The van der Waals surface area contributed by atoms with Crippen LogP contribution in [-0.4, -0.2) is 24.2 Å². The van der Waals surface area contributed by atoms with Crippen molar-refractivity contribution in [1.82, 2.24) is 0 Å². The Morgan fingerprint density at radius 2 is 2.00 bits per heavy atom. The second-order valence-electron chi connectivity index (χ2n) is 1.81. The molecule has 0 fully saturated rings. The number of hydrogen-bond donors (Lipinski definition) is 4. The maximum atomic E-state index is 8.33. The molecule has 9 heavy (non-hydrogen) atoms. The maximum Gasteiger partial charge on any atom is 0.338 e. The quantitative estimate of drug-likeness (QED) is 0.188. The van der Waals surface area contributed by atoms with Crippen LogP contribution in [-0.2, 0) is 0 Å². The van der Waals surface area contributed by atoms with Gasteiger partial charge in [0.2, 0.25) is 0 Å². The molecule has 0 atom stereocenters. The van der Waals surface area contributed by atoms with Gasteiger partial charge in [-0.25, -0.2) is 0 Å². The summed E-state index contributed by atoms with van der Waals surface area (Å²) in [5, 5.41) is 8.33. The smallest absolute Gasteiger partial charge is 0.338 e. The van der Waals surface area contributed by atoms with Crippen molar-refractivity contribution >= 4 is 5.96 Å². The Labute approximate surface area is 54.6 Å². The summed E-state index contributed by atoms with van der Waals surface area (Å²) in [6.45, 7) is 0.967. The molecule has 0 saturated carbocycles. The molecule has 4 heteroatoms. The van der Waals surface area contributed by atoms with Gasteiger partial charge in [-0.15, -0.1) is 0 Å². The molecule has 6 N–H and O–H groups in total. The topological polar surface area (TPSA) is 86.2 Å². The number of unbranched alkanes of at least 4 members (excludes halogenated alkanes) is 1. The Morgan fingerprint density at radius 3 is 2.44 bits per heavy atom. The summed E-state index contributed by atoms with van der Waals surface area (Å²) >= 11 is 0. The van der Waals surface area contributed by atoms with E-state index in [1.807, 2.05) is 0 Å². The minimum atomic E-state index is 0.228. The molecule has 0 saturated heterocycles. The summed E-state index contributed by atoms with van der Waals surface area (Å²) in [6.07, 6.45) is 1.69. The molecule has 4 nitrogen and oxygen atoms in total. The average Bonchev–Trinajstić information content (AvgIpc) is 1.80. The molecule has 0 aliphatic heterocycles. The molecule has 0 heterocycles. The lowest BCUT2D eigenvalue weighted by atomic mass is 10.3. The Kier molecular flexibility index (Phi) is 4.91. The first kappa shape index (κ1) is 8.23. The third kappa shape index (κ3) is 7.23. The van der Waals surface area contributed by atoms with Crippen LogP contribution in [0.3, 0.4) is 0 Å². The first-order valence-electron chi connectivity index (χ1n) is 3.00. The molecule has 0 aliphatic rings. The van der Waals surface area contributed by atoms with Crippen molar-refractivity contribution in [2.24, 2.45) is 11.5 Å². The highest BCUT2D eigenvalue weighted by Crippen LogP contribution is 1.78. The van der Waals surface area contributed by atoms with Gasteiger partial charge in [-0.1, -0.05) is 0 Å². The third-order valence-corrected chi connectivity index (χ3v) is 0.914. The highest BCUT2D eigenvalue weighted by Gasteiger charge is 1.86. The van der Waals surface area contributed by atoms with E-state index in [1.165, 1.54) is 0 Å². The fraction of sp³-hybridized carbons (Fsp3) is 0.800. The van der Waals surface area contributed by atoms with Gasteiger partial charge in [0.1, 0.15) is 0 Å². The van der Waals surface area contributed by atoms with Crippen molar-refractivity contribution in [3.63, 3.8) is 0 Å². The van der Waals surface area contributed by atoms with Crippen LogP contribution in [0.2, 0.25) is 0 Å². The van der Waals surface area contributed by atoms with Gasteiger partial charge in [0.05, 0.1) is 6.54 Å². The number of nitrogens with one attached hydrogen (secondary N) is 1. The molecule has 0 amide bonds. The van der Waals surface area contributed by atoms with Crippen molar-refractivity contribution in [2.45, 2.75) is 12.8 Å². The van der Waals surface area contributed by atoms with Crippen molar-refractivity contribution in [3.05, 3.63) is 0 Å². The van der Waals surface area contributed by atoms with E-state index in [0.717, 1.165) is 19.4 Å². The van der Waals surface area contributed by atoms with Crippen molar-refractivity contribution in [3.8, 4) is 0 Å². The van der Waals surface area contributed by atoms with Gasteiger partial charge in [0, 0.05) is 6.61 Å². The molecule has 0 aliphatic carbocycles. The third-order valence-electron chi connectivity index (χ3n) is 0.914. The van der Waals surface area contributed by atoms with Crippen LogP contribution in [0, 0.1) is 0 Å². The molecular formula is C5H14N3O+. The monoisotopic (exact) mass is 132 g/mol. The summed E-state index contributed by atoms with van der Waals surface area (Å²) in [5.74, 6) is 0.243. The molecule has 0 spiro atoms. The first-order chi connectivity index (χ1) is 4.27. The fourth-order valence-electron chi connectivity index (χ4n) is 0.470. The minimum absolute atomic E-state index is 0.228. The summed E-state index contributed by atoms with van der Waals surface area (Å²) in [7, 11) is 0. The summed E-state index contributed by atoms with van der Waals surface area (Å²) in [5.41, 5.74) is 10.2. The number of hydrogen-bond acceptors (Lipinski definition) is 1. The summed E-state index contributed by atoms with van der Waals surface area (Å²) in [6, 6.07) is 0. The van der Waals surface area contributed by atoms with E-state index in [2.05, 4.69) is 4.99 Å². The van der Waals surface area contributed by atoms with E-state index in [9.17, 15) is 0 Å². The zero-order chi connectivity index (χ0) is 7.11. The van der Waals surface area contributed by atoms with Gasteiger partial charge in [-0.2, -0.15) is 0 Å². The predicted molar refractivity (Wildman–Crippen MR) is 35.5 cm³/mol. The molecule has 0 aromatic rings. The molecule has 54 valence electrons. The van der Waals surface area contributed by atoms with Crippen molar-refractivity contribution in [1.29, 1.82) is 0 Å². The standard InChI is InChI=1S/C5H13N3O/c6-5(7)8-3-1-2-4-9/h9H,1-4H2,(H4,6,7,8)/p+1. The minimum Gasteiger partial charge on any atom is -0.396 e. The van der Waals surface area contributed by atoms with Crippen LogP contribution >= 0.6 is 0 Å². The first-order valence-corrected chi connectivity index (χ1v) is 3.00. The van der Waals surface area contributed by atoms with Crippen LogP contribution < -0.4 is 16.5 Å². The van der Waals surface area contributed by atoms with Gasteiger partial charge in [-0.05, 0) is 12.8 Å². The van der Waals surface area contributed by atoms with Crippen molar-refractivity contribution in [2.75, 3.05) is 13.2 Å². The molecule has 0 aromatic heterocycles. The second kappa shape index (κ2) is 5.37. The predicted octanol–water partition coefficient (Wildman–Crippen LogP) is -2.89. The number of nitrogens with two attached hydrogens (primary N) is 2. The lowest BCUT2D eigenvalue weighted by molar-refractivity contribution is -0.459. The average molecular weight is 132 g/mol. The van der Waals surface area contributed by atoms with Gasteiger partial charge >= 0.3 is 5.96 Å². The van der Waals surface area contributed by atoms with E-state index in [1.54, 1.807) is 0 Å². The lowest BCUT2D eigenvalue weighted by Gasteiger charge is -1.89. The Bertz CT molecular complexity index is 88.2. The van der Waals surface area contributed by atoms with Gasteiger partial charge in [0.25, 0.3) is 0 Å². The van der Waals surface area contributed by atoms with Crippen molar-refractivity contribution < 1.29 is 10.1 Å². The molecule has 0 aromatic carbocycles. The lowest BCUT2D eigenvalue weighted by Crippen LogP contribution is -2.78. The fourth-order valence-corrected chi connectivity index (χ4v) is 0.470. The van der Waals surface area contributed by atoms with Crippen LogP contribution in [0.1, 0.15) is 12.8 Å². The SMILES string of the molecule is NC(N)=[NH+]CCCCO. The number of guanidine groups is 1. The van der Waals surface area contributed by atoms with Gasteiger partial charge < -0.3 is 5.11 Å². The maximum absolute atomic E-state index is 8.33. The summed E-state index contributed by atoms with van der Waals surface area (Å²) in [4.78, 5) is 2.74. The molecule has 0 bridgehead atoms. The summed E-state index contributed by atoms with van der Waals surface area (Å²) < 4.78 is 0. The molecule has 0 unspecified atom stereocenters. The Hall–Kier alpha value is -0.770. The Morgan fingerprint density at radius 1 is 1.33 bits per heavy atom. The molecular weight excluding hydrogens is 118 g/mol. The zero-order valence-electron chi connectivity index (χ0n) is 5.43.